The minimum absolute atomic E-state index is 0.0568. The predicted molar refractivity (Wildman–Crippen MR) is 135 cm³/mol. The van der Waals surface area contributed by atoms with Gasteiger partial charge >= 0.3 is 0 Å². The van der Waals surface area contributed by atoms with Crippen molar-refractivity contribution in [3.05, 3.63) is 42.0 Å². The highest BCUT2D eigenvalue weighted by Gasteiger charge is 2.39. The molecule has 0 fully saturated rings. The SMILES string of the molecule is CC(C)(C)[Si](C)(C)OCCC(CO[Si](C)(C)C(C)(C)C)c1cc(F)cc2ccncc12. The molecule has 0 aliphatic rings. The standard InChI is InChI=1S/C25H42FNO2Si2/c1-24(2,3)30(7,8)28-14-12-20(18-29-31(9,10)25(4,5)6)22-16-21(26)15-19-11-13-27-17-23(19)22/h11,13,15-17,20H,12,14,18H2,1-10H3. The minimum atomic E-state index is -1.93. The number of hydrogen-bond donors (Lipinski definition) is 0. The molecule has 6 heteroatoms. The van der Waals surface area contributed by atoms with Crippen LogP contribution in [0.15, 0.2) is 30.6 Å². The van der Waals surface area contributed by atoms with Crippen LogP contribution >= 0.6 is 0 Å². The lowest BCUT2D eigenvalue weighted by molar-refractivity contribution is 0.222. The summed E-state index contributed by atoms with van der Waals surface area (Å²) in [7, 11) is -3.77. The molecule has 1 aromatic carbocycles. The summed E-state index contributed by atoms with van der Waals surface area (Å²) < 4.78 is 27.6. The average Bonchev–Trinajstić information content (AvgIpc) is 2.61. The van der Waals surface area contributed by atoms with Gasteiger partial charge in [-0.15, -0.1) is 0 Å². The van der Waals surface area contributed by atoms with E-state index >= 15 is 0 Å². The Balaban J connectivity index is 2.33. The first-order chi connectivity index (χ1) is 14.1. The molecule has 0 saturated heterocycles. The van der Waals surface area contributed by atoms with E-state index in [-0.39, 0.29) is 21.8 Å². The predicted octanol–water partition coefficient (Wildman–Crippen LogP) is 7.89. The number of pyridine rings is 1. The highest BCUT2D eigenvalue weighted by atomic mass is 28.4. The van der Waals surface area contributed by atoms with Gasteiger partial charge in [-0.05, 0) is 71.8 Å². The molecule has 0 radical (unpaired) electrons. The van der Waals surface area contributed by atoms with Crippen LogP contribution in [0.4, 0.5) is 4.39 Å². The second kappa shape index (κ2) is 9.42. The second-order valence-electron chi connectivity index (χ2n) is 11.8. The van der Waals surface area contributed by atoms with Crippen molar-refractivity contribution in [2.24, 2.45) is 0 Å². The summed E-state index contributed by atoms with van der Waals surface area (Å²) in [6.07, 6.45) is 4.36. The Morgan fingerprint density at radius 2 is 1.52 bits per heavy atom. The van der Waals surface area contributed by atoms with E-state index < -0.39 is 16.6 Å². The van der Waals surface area contributed by atoms with Gasteiger partial charge in [-0.25, -0.2) is 4.39 Å². The van der Waals surface area contributed by atoms with Gasteiger partial charge in [-0.3, -0.25) is 4.98 Å². The van der Waals surface area contributed by atoms with E-state index in [9.17, 15) is 4.39 Å². The fraction of sp³-hybridized carbons (Fsp3) is 0.640. The summed E-state index contributed by atoms with van der Waals surface area (Å²) in [6.45, 7) is 23.8. The van der Waals surface area contributed by atoms with Crippen molar-refractivity contribution in [2.75, 3.05) is 13.2 Å². The Labute approximate surface area is 191 Å². The molecule has 0 aliphatic heterocycles. The van der Waals surface area contributed by atoms with Gasteiger partial charge in [0.25, 0.3) is 0 Å². The molecule has 174 valence electrons. The van der Waals surface area contributed by atoms with Crippen molar-refractivity contribution in [1.29, 1.82) is 0 Å². The highest BCUT2D eigenvalue weighted by molar-refractivity contribution is 6.74. The average molecular weight is 464 g/mol. The normalized spacial score (nSPS) is 14.8. The maximum atomic E-state index is 14.5. The van der Waals surface area contributed by atoms with Crippen molar-refractivity contribution in [3.63, 3.8) is 0 Å². The molecule has 0 N–H and O–H groups in total. The Morgan fingerprint density at radius 1 is 0.935 bits per heavy atom. The maximum absolute atomic E-state index is 14.5. The largest absolute Gasteiger partial charge is 0.417 e. The Hall–Kier alpha value is -1.09. The van der Waals surface area contributed by atoms with Gasteiger partial charge in [0.15, 0.2) is 16.6 Å². The van der Waals surface area contributed by atoms with Crippen LogP contribution in [0.3, 0.4) is 0 Å². The number of nitrogens with zero attached hydrogens (tertiary/aromatic N) is 1. The third-order valence-electron chi connectivity index (χ3n) is 7.38. The van der Waals surface area contributed by atoms with Gasteiger partial charge in [-0.1, -0.05) is 41.5 Å². The summed E-state index contributed by atoms with van der Waals surface area (Å²) in [5, 5.41) is 2.17. The summed E-state index contributed by atoms with van der Waals surface area (Å²) in [5.41, 5.74) is 0.973. The van der Waals surface area contributed by atoms with Crippen LogP contribution in [0.1, 0.15) is 59.4 Å². The smallest absolute Gasteiger partial charge is 0.192 e. The van der Waals surface area contributed by atoms with Gasteiger partial charge in [0.1, 0.15) is 5.82 Å². The topological polar surface area (TPSA) is 31.4 Å². The third kappa shape index (κ3) is 6.47. The first kappa shape index (κ1) is 26.2. The first-order valence-electron chi connectivity index (χ1n) is 11.4. The van der Waals surface area contributed by atoms with E-state index in [0.29, 0.717) is 13.2 Å². The molecule has 1 aromatic heterocycles. The Kier molecular flexibility index (Phi) is 7.95. The molecule has 31 heavy (non-hydrogen) atoms. The lowest BCUT2D eigenvalue weighted by atomic mass is 9.92. The minimum Gasteiger partial charge on any atom is -0.417 e. The molecule has 1 unspecified atom stereocenters. The highest BCUT2D eigenvalue weighted by Crippen LogP contribution is 2.39. The van der Waals surface area contributed by atoms with Crippen molar-refractivity contribution in [2.45, 2.75) is 90.1 Å². The molecule has 0 bridgehead atoms. The zero-order valence-electron chi connectivity index (χ0n) is 21.2. The molecule has 1 atom stereocenters. The van der Waals surface area contributed by atoms with Gasteiger partial charge in [0, 0.05) is 36.9 Å². The fourth-order valence-corrected chi connectivity index (χ4v) is 5.17. The molecule has 0 amide bonds. The van der Waals surface area contributed by atoms with E-state index in [1.54, 1.807) is 18.3 Å². The lowest BCUT2D eigenvalue weighted by Crippen LogP contribution is -2.42. The number of benzene rings is 1. The maximum Gasteiger partial charge on any atom is 0.192 e. The third-order valence-corrected chi connectivity index (χ3v) is 16.4. The zero-order chi connectivity index (χ0) is 23.7. The van der Waals surface area contributed by atoms with Gasteiger partial charge in [-0.2, -0.15) is 0 Å². The second-order valence-corrected chi connectivity index (χ2v) is 21.4. The number of fused-ring (bicyclic) bond motifs is 1. The molecular formula is C25H42FNO2Si2. The van der Waals surface area contributed by atoms with E-state index in [4.69, 9.17) is 8.85 Å². The molecule has 2 rings (SSSR count). The monoisotopic (exact) mass is 463 g/mol. The summed E-state index contributed by atoms with van der Waals surface area (Å²) in [6, 6.07) is 5.12. The molecule has 0 saturated carbocycles. The van der Waals surface area contributed by atoms with Crippen molar-refractivity contribution in [3.8, 4) is 0 Å². The van der Waals surface area contributed by atoms with Crippen molar-refractivity contribution >= 4 is 27.4 Å². The molecule has 2 aromatic rings. The van der Waals surface area contributed by atoms with Crippen LogP contribution in [0, 0.1) is 5.82 Å². The first-order valence-corrected chi connectivity index (χ1v) is 17.2. The molecular weight excluding hydrogens is 421 g/mol. The van der Waals surface area contributed by atoms with Crippen molar-refractivity contribution in [1.82, 2.24) is 4.98 Å². The summed E-state index contributed by atoms with van der Waals surface area (Å²) in [4.78, 5) is 4.31. The quantitative estimate of drug-likeness (QED) is 0.373. The van der Waals surface area contributed by atoms with Gasteiger partial charge in [0.2, 0.25) is 0 Å². The lowest BCUT2D eigenvalue weighted by Gasteiger charge is -2.38. The summed E-state index contributed by atoms with van der Waals surface area (Å²) >= 11 is 0. The molecule has 1 heterocycles. The molecule has 3 nitrogen and oxygen atoms in total. The number of halogens is 1. The number of rotatable bonds is 8. The van der Waals surface area contributed by atoms with Crippen LogP contribution in [0.2, 0.25) is 36.3 Å². The summed E-state index contributed by atoms with van der Waals surface area (Å²) in [5.74, 6) is -0.155. The Morgan fingerprint density at radius 3 is 2.10 bits per heavy atom. The number of hydrogen-bond acceptors (Lipinski definition) is 3. The van der Waals surface area contributed by atoms with Crippen LogP contribution < -0.4 is 0 Å². The Bertz CT molecular complexity index is 885. The fourth-order valence-electron chi connectivity index (χ4n) is 3.05. The van der Waals surface area contributed by atoms with Crippen molar-refractivity contribution < 1.29 is 13.2 Å². The zero-order valence-corrected chi connectivity index (χ0v) is 23.2. The van der Waals surface area contributed by atoms with Crippen LogP contribution in [-0.4, -0.2) is 34.8 Å². The molecule has 0 aliphatic carbocycles. The van der Waals surface area contributed by atoms with E-state index in [2.05, 4.69) is 72.7 Å². The van der Waals surface area contributed by atoms with Gasteiger partial charge in [0.05, 0.1) is 0 Å². The van der Waals surface area contributed by atoms with E-state index in [0.717, 1.165) is 22.8 Å². The van der Waals surface area contributed by atoms with Crippen LogP contribution in [-0.2, 0) is 8.85 Å². The van der Waals surface area contributed by atoms with Gasteiger partial charge < -0.3 is 8.85 Å². The van der Waals surface area contributed by atoms with Crippen LogP contribution in [0.25, 0.3) is 10.8 Å². The van der Waals surface area contributed by atoms with E-state index in [1.165, 1.54) is 0 Å². The number of aromatic nitrogens is 1. The molecule has 0 spiro atoms. The van der Waals surface area contributed by atoms with Crippen LogP contribution in [0.5, 0.6) is 0 Å². The van der Waals surface area contributed by atoms with E-state index in [1.807, 2.05) is 12.3 Å².